The summed E-state index contributed by atoms with van der Waals surface area (Å²) in [5, 5.41) is 0. The molecule has 0 radical (unpaired) electrons. The van der Waals surface area contributed by atoms with Crippen molar-refractivity contribution in [3.8, 4) is 0 Å². The second kappa shape index (κ2) is 7.37. The molecule has 0 aromatic heterocycles. The summed E-state index contributed by atoms with van der Waals surface area (Å²) < 4.78 is 0. The Kier molecular flexibility index (Phi) is 7.35. The van der Waals surface area contributed by atoms with Crippen LogP contribution in [0.3, 0.4) is 0 Å². The lowest BCUT2D eigenvalue weighted by atomic mass is 10.0. The molecule has 0 saturated heterocycles. The number of hydrogen-bond donors (Lipinski definition) is 0. The highest BCUT2D eigenvalue weighted by Gasteiger charge is 2.08. The van der Waals surface area contributed by atoms with E-state index >= 15 is 0 Å². The van der Waals surface area contributed by atoms with Crippen LogP contribution in [0.5, 0.6) is 0 Å². The summed E-state index contributed by atoms with van der Waals surface area (Å²) in [5.74, 6) is 0.885. The van der Waals surface area contributed by atoms with Crippen molar-refractivity contribution in [2.45, 2.75) is 59.4 Å². The third-order valence-electron chi connectivity index (χ3n) is 3.13. The van der Waals surface area contributed by atoms with Gasteiger partial charge in [0.25, 0.3) is 0 Å². The van der Waals surface area contributed by atoms with Crippen LogP contribution in [-0.4, -0.2) is 24.5 Å². The van der Waals surface area contributed by atoms with Gasteiger partial charge in [0.1, 0.15) is 0 Å². The van der Waals surface area contributed by atoms with Gasteiger partial charge in [0.2, 0.25) is 0 Å². The maximum atomic E-state index is 2.50. The molecule has 0 saturated carbocycles. The van der Waals surface area contributed by atoms with Crippen molar-refractivity contribution in [2.24, 2.45) is 5.92 Å². The predicted octanol–water partition coefficient (Wildman–Crippen LogP) is 3.54. The summed E-state index contributed by atoms with van der Waals surface area (Å²) in [6.45, 7) is 10.5. The van der Waals surface area contributed by atoms with Gasteiger partial charge in [-0.05, 0) is 39.3 Å². The Labute approximate surface area is 84.5 Å². The molecule has 13 heavy (non-hydrogen) atoms. The summed E-state index contributed by atoms with van der Waals surface area (Å²) in [5.41, 5.74) is 0. The van der Waals surface area contributed by atoms with Crippen LogP contribution < -0.4 is 0 Å². The molecule has 0 aliphatic rings. The van der Waals surface area contributed by atoms with Gasteiger partial charge < -0.3 is 4.90 Å². The van der Waals surface area contributed by atoms with Crippen LogP contribution in [0.4, 0.5) is 0 Å². The van der Waals surface area contributed by atoms with Crippen molar-refractivity contribution in [2.75, 3.05) is 13.6 Å². The zero-order valence-corrected chi connectivity index (χ0v) is 10.1. The second-order valence-electron chi connectivity index (χ2n) is 4.42. The average Bonchev–Trinajstić information content (AvgIpc) is 2.13. The fourth-order valence-electron chi connectivity index (χ4n) is 1.49. The third kappa shape index (κ3) is 6.09. The molecular formula is C12H27N. The number of hydrogen-bond acceptors (Lipinski definition) is 1. The first-order valence-corrected chi connectivity index (χ1v) is 5.82. The molecule has 1 heteroatoms. The van der Waals surface area contributed by atoms with Crippen LogP contribution in [0.2, 0.25) is 0 Å². The summed E-state index contributed by atoms with van der Waals surface area (Å²) in [6, 6.07) is 0.758. The van der Waals surface area contributed by atoms with E-state index in [0.29, 0.717) is 0 Å². The van der Waals surface area contributed by atoms with Crippen LogP contribution >= 0.6 is 0 Å². The highest BCUT2D eigenvalue weighted by Crippen LogP contribution is 2.10. The van der Waals surface area contributed by atoms with E-state index in [-0.39, 0.29) is 0 Å². The molecule has 0 spiro atoms. The molecule has 0 fully saturated rings. The van der Waals surface area contributed by atoms with Gasteiger partial charge in [-0.3, -0.25) is 0 Å². The van der Waals surface area contributed by atoms with Gasteiger partial charge in [-0.1, -0.05) is 33.6 Å². The Morgan fingerprint density at radius 2 is 1.69 bits per heavy atom. The van der Waals surface area contributed by atoms with Crippen LogP contribution in [0.25, 0.3) is 0 Å². The van der Waals surface area contributed by atoms with Crippen LogP contribution in [0, 0.1) is 5.92 Å². The van der Waals surface area contributed by atoms with Gasteiger partial charge in [0.15, 0.2) is 0 Å². The van der Waals surface area contributed by atoms with E-state index in [0.717, 1.165) is 12.0 Å². The maximum absolute atomic E-state index is 2.50. The minimum Gasteiger partial charge on any atom is -0.304 e. The fourth-order valence-corrected chi connectivity index (χ4v) is 1.49. The molecule has 0 bridgehead atoms. The van der Waals surface area contributed by atoms with E-state index in [2.05, 4.69) is 39.6 Å². The van der Waals surface area contributed by atoms with E-state index in [1.54, 1.807) is 0 Å². The molecule has 0 aliphatic carbocycles. The summed E-state index contributed by atoms with van der Waals surface area (Å²) in [4.78, 5) is 2.50. The molecule has 0 amide bonds. The normalized spacial score (nSPS) is 16.2. The van der Waals surface area contributed by atoms with Gasteiger partial charge in [0.05, 0.1) is 0 Å². The number of nitrogens with zero attached hydrogens (tertiary/aromatic N) is 1. The monoisotopic (exact) mass is 185 g/mol. The van der Waals surface area contributed by atoms with Crippen molar-refractivity contribution in [1.82, 2.24) is 4.90 Å². The van der Waals surface area contributed by atoms with Crippen LogP contribution in [0.1, 0.15) is 53.4 Å². The van der Waals surface area contributed by atoms with Crippen molar-refractivity contribution < 1.29 is 0 Å². The summed E-state index contributed by atoms with van der Waals surface area (Å²) >= 11 is 0. The topological polar surface area (TPSA) is 3.24 Å². The predicted molar refractivity (Wildman–Crippen MR) is 61.1 cm³/mol. The Morgan fingerprint density at radius 1 is 1.08 bits per heavy atom. The molecular weight excluding hydrogens is 158 g/mol. The Balaban J connectivity index is 3.54. The molecule has 1 nitrogen and oxygen atoms in total. The van der Waals surface area contributed by atoms with Crippen molar-refractivity contribution in [3.63, 3.8) is 0 Å². The first-order chi connectivity index (χ1) is 6.11. The molecule has 80 valence electrons. The van der Waals surface area contributed by atoms with E-state index in [1.807, 2.05) is 0 Å². The molecule has 0 N–H and O–H groups in total. The molecule has 2 unspecified atom stereocenters. The smallest absolute Gasteiger partial charge is 0.00637 e. The molecule has 0 rings (SSSR count). The van der Waals surface area contributed by atoms with E-state index in [4.69, 9.17) is 0 Å². The van der Waals surface area contributed by atoms with Gasteiger partial charge in [0, 0.05) is 6.04 Å². The average molecular weight is 185 g/mol. The lowest BCUT2D eigenvalue weighted by Gasteiger charge is -2.25. The van der Waals surface area contributed by atoms with Gasteiger partial charge >= 0.3 is 0 Å². The highest BCUT2D eigenvalue weighted by atomic mass is 15.1. The Hall–Kier alpha value is -0.0400. The van der Waals surface area contributed by atoms with Crippen LogP contribution in [-0.2, 0) is 0 Å². The van der Waals surface area contributed by atoms with Gasteiger partial charge in [-0.25, -0.2) is 0 Å². The highest BCUT2D eigenvalue weighted by molar-refractivity contribution is 4.63. The van der Waals surface area contributed by atoms with Crippen molar-refractivity contribution in [3.05, 3.63) is 0 Å². The zero-order valence-electron chi connectivity index (χ0n) is 10.1. The molecule has 0 aromatic carbocycles. The van der Waals surface area contributed by atoms with Crippen molar-refractivity contribution >= 4 is 0 Å². The second-order valence-corrected chi connectivity index (χ2v) is 4.42. The van der Waals surface area contributed by atoms with E-state index < -0.39 is 0 Å². The van der Waals surface area contributed by atoms with Crippen LogP contribution in [0.15, 0.2) is 0 Å². The zero-order chi connectivity index (χ0) is 10.3. The molecule has 0 aromatic rings. The lowest BCUT2D eigenvalue weighted by molar-refractivity contribution is 0.228. The fraction of sp³-hybridized carbons (Fsp3) is 1.00. The standard InChI is InChI=1S/C12H27N/c1-6-8-12(4)13(5)10-9-11(3)7-2/h11-12H,6-10H2,1-5H3. The molecule has 0 heterocycles. The SMILES string of the molecule is CCCC(C)N(C)CCC(C)CC. The summed E-state index contributed by atoms with van der Waals surface area (Å²) in [7, 11) is 2.25. The first-order valence-electron chi connectivity index (χ1n) is 5.82. The van der Waals surface area contributed by atoms with Gasteiger partial charge in [-0.15, -0.1) is 0 Å². The quantitative estimate of drug-likeness (QED) is 0.586. The van der Waals surface area contributed by atoms with E-state index in [9.17, 15) is 0 Å². The third-order valence-corrected chi connectivity index (χ3v) is 3.13. The molecule has 0 aliphatic heterocycles. The number of rotatable bonds is 7. The van der Waals surface area contributed by atoms with Crippen molar-refractivity contribution in [1.29, 1.82) is 0 Å². The lowest BCUT2D eigenvalue weighted by Crippen LogP contribution is -2.30. The Bertz CT molecular complexity index is 112. The largest absolute Gasteiger partial charge is 0.304 e. The van der Waals surface area contributed by atoms with Gasteiger partial charge in [-0.2, -0.15) is 0 Å². The van der Waals surface area contributed by atoms with E-state index in [1.165, 1.54) is 32.2 Å². The Morgan fingerprint density at radius 3 is 2.15 bits per heavy atom. The maximum Gasteiger partial charge on any atom is 0.00637 e. The minimum atomic E-state index is 0.758. The molecule has 2 atom stereocenters. The first kappa shape index (κ1) is 13.0. The summed E-state index contributed by atoms with van der Waals surface area (Å²) in [6.07, 6.45) is 5.29. The minimum absolute atomic E-state index is 0.758.